The zero-order valence-corrected chi connectivity index (χ0v) is 24.4. The minimum absolute atomic E-state index is 1.32. The maximum Gasteiger partial charge on any atom is 0.360 e. The SMILES string of the molecule is Fc1c(F)c2c(F)c(F)c1Oc1nnc(nn1)Oc1c(F)c(F)c(c(F)c1F)Oc1nnc(nn1)Oc1c(F)c(F)c(c(F)c1F)Oc1nnc(nn1)O2. The number of halogens is 12. The molecule has 19 heterocycles. The minimum atomic E-state index is -2.35. The van der Waals surface area contributed by atoms with Crippen molar-refractivity contribution < 1.29 is 81.1 Å². The van der Waals surface area contributed by atoms with Gasteiger partial charge < -0.3 is 28.4 Å². The summed E-state index contributed by atoms with van der Waals surface area (Å²) in [4.78, 5) is 0. The van der Waals surface area contributed by atoms with E-state index >= 15 is 0 Å². The standard InChI is InChI=1S/C24F12N12O6/c25-1-2(26)14-4(28)3(27)13(1)49-19-37-41-21(42-38-19)51-15-5(29)7(31)17(8(32)6(15)30)53-23-45-47-24(48-46-23)54-18-11(35)9(33)16(10(34)12(18)36)52-22-43-39-20(50-14)40-44-22. The highest BCUT2D eigenvalue weighted by Crippen LogP contribution is 2.41. The molecule has 0 amide bonds. The molecule has 54 heavy (non-hydrogen) atoms. The summed E-state index contributed by atoms with van der Waals surface area (Å²) in [5.41, 5.74) is 0. The van der Waals surface area contributed by atoms with Gasteiger partial charge in [-0.05, 0) is 0 Å². The van der Waals surface area contributed by atoms with E-state index in [4.69, 9.17) is 0 Å². The number of ether oxygens (including phenoxy) is 6. The van der Waals surface area contributed by atoms with E-state index in [9.17, 15) is 52.7 Å². The minimum Gasteiger partial charge on any atom is -0.416 e. The Morgan fingerprint density at radius 1 is 0.185 bits per heavy atom. The molecule has 0 saturated heterocycles. The van der Waals surface area contributed by atoms with Crippen molar-refractivity contribution in [1.29, 1.82) is 0 Å². The van der Waals surface area contributed by atoms with E-state index in [1.807, 2.05) is 0 Å². The van der Waals surface area contributed by atoms with Gasteiger partial charge in [0.15, 0.2) is 0 Å². The lowest BCUT2D eigenvalue weighted by Crippen LogP contribution is -2.10. The van der Waals surface area contributed by atoms with Gasteiger partial charge in [0.05, 0.1) is 0 Å². The first-order valence-electron chi connectivity index (χ1n) is 13.1. The predicted octanol–water partition coefficient (Wildman–Crippen LogP) is 5.16. The molecule has 6 aromatic rings. The van der Waals surface area contributed by atoms with Crippen molar-refractivity contribution in [1.82, 2.24) is 61.2 Å². The number of hydrogen-bond donors (Lipinski definition) is 0. The summed E-state index contributed by atoms with van der Waals surface area (Å²) >= 11 is 0. The lowest BCUT2D eigenvalue weighted by Gasteiger charge is -2.13. The second-order valence-corrected chi connectivity index (χ2v) is 9.25. The summed E-state index contributed by atoms with van der Waals surface area (Å²) in [6.45, 7) is 0. The van der Waals surface area contributed by atoms with Gasteiger partial charge >= 0.3 is 36.1 Å². The Balaban J connectivity index is 1.32. The molecule has 0 unspecified atom stereocenters. The summed E-state index contributed by atoms with van der Waals surface area (Å²) in [5.74, 6) is -39.6. The average molecular weight is 780 g/mol. The average Bonchev–Trinajstić information content (AvgIpc) is 3.17. The highest BCUT2D eigenvalue weighted by molar-refractivity contribution is 5.42. The van der Waals surface area contributed by atoms with E-state index in [0.29, 0.717) is 0 Å². The first kappa shape index (κ1) is 34.9. The zero-order chi connectivity index (χ0) is 38.6. The Hall–Kier alpha value is -7.56. The van der Waals surface area contributed by atoms with E-state index in [0.717, 1.165) is 0 Å². The molecule has 12 bridgehead atoms. The lowest BCUT2D eigenvalue weighted by atomic mass is 10.2. The summed E-state index contributed by atoms with van der Waals surface area (Å²) < 4.78 is 204. The van der Waals surface area contributed by atoms with Gasteiger partial charge in [0.1, 0.15) is 0 Å². The molecule has 30 heteroatoms. The van der Waals surface area contributed by atoms with Crippen LogP contribution in [0.25, 0.3) is 0 Å². The van der Waals surface area contributed by atoms with Gasteiger partial charge in [-0.2, -0.15) is 52.7 Å². The van der Waals surface area contributed by atoms with Crippen molar-refractivity contribution in [3.05, 3.63) is 69.8 Å². The van der Waals surface area contributed by atoms with Gasteiger partial charge in [0, 0.05) is 0 Å². The highest BCUT2D eigenvalue weighted by Gasteiger charge is 2.34. The Morgan fingerprint density at radius 2 is 0.278 bits per heavy atom. The molecule has 3 aromatic carbocycles. The number of hydrogen-bond acceptors (Lipinski definition) is 18. The van der Waals surface area contributed by atoms with Crippen molar-refractivity contribution in [2.24, 2.45) is 0 Å². The second kappa shape index (κ2) is 13.2. The molecule has 0 radical (unpaired) electrons. The lowest BCUT2D eigenvalue weighted by molar-refractivity contribution is 0.289. The van der Waals surface area contributed by atoms with Crippen molar-refractivity contribution >= 4 is 0 Å². The van der Waals surface area contributed by atoms with Crippen LogP contribution in [0.1, 0.15) is 0 Å². The Labute approximate surface area is 283 Å². The van der Waals surface area contributed by atoms with E-state index in [1.165, 1.54) is 0 Å². The third-order valence-electron chi connectivity index (χ3n) is 6.04. The maximum atomic E-state index is 14.8. The quantitative estimate of drug-likeness (QED) is 0.144. The summed E-state index contributed by atoms with van der Waals surface area (Å²) in [5, 5.41) is 36.4. The monoisotopic (exact) mass is 780 g/mol. The molecule has 0 atom stereocenters. The van der Waals surface area contributed by atoms with Crippen LogP contribution in [0.5, 0.6) is 70.6 Å². The molecule has 3 aromatic heterocycles. The van der Waals surface area contributed by atoms with Crippen LogP contribution >= 0.6 is 0 Å². The molecule has 18 nitrogen and oxygen atoms in total. The molecular weight excluding hydrogens is 780 g/mol. The summed E-state index contributed by atoms with van der Waals surface area (Å²) in [6.07, 6.45) is 0. The Bertz CT molecular complexity index is 1960. The van der Waals surface area contributed by atoms with Gasteiger partial charge in [0.2, 0.25) is 104 Å². The van der Waals surface area contributed by atoms with E-state index in [1.54, 1.807) is 0 Å². The molecule has 276 valence electrons. The van der Waals surface area contributed by atoms with Crippen LogP contribution in [0.15, 0.2) is 0 Å². The molecular formula is C24F12N12O6. The maximum absolute atomic E-state index is 14.8. The van der Waals surface area contributed by atoms with Crippen LogP contribution in [-0.2, 0) is 0 Å². The number of benzene rings is 3. The number of nitrogens with zero attached hydrogens (tertiary/aromatic N) is 12. The molecule has 0 aliphatic carbocycles. The molecule has 16 aliphatic rings. The van der Waals surface area contributed by atoms with Crippen LogP contribution in [0.2, 0.25) is 0 Å². The first-order chi connectivity index (χ1) is 25.7. The predicted molar refractivity (Wildman–Crippen MR) is 132 cm³/mol. The van der Waals surface area contributed by atoms with E-state index in [-0.39, 0.29) is 0 Å². The molecule has 0 fully saturated rings. The second-order valence-electron chi connectivity index (χ2n) is 9.25. The van der Waals surface area contributed by atoms with Crippen LogP contribution in [-0.4, -0.2) is 61.2 Å². The largest absolute Gasteiger partial charge is 0.416 e. The fourth-order valence-corrected chi connectivity index (χ4v) is 3.74. The van der Waals surface area contributed by atoms with E-state index < -0.39 is 140 Å². The van der Waals surface area contributed by atoms with Crippen molar-refractivity contribution in [2.45, 2.75) is 0 Å². The molecule has 22 rings (SSSR count). The third-order valence-corrected chi connectivity index (χ3v) is 6.04. The fraction of sp³-hybridized carbons (Fsp3) is 0. The zero-order valence-electron chi connectivity index (χ0n) is 24.4. The van der Waals surface area contributed by atoms with Gasteiger partial charge in [-0.3, -0.25) is 0 Å². The molecule has 0 saturated carbocycles. The Kier molecular flexibility index (Phi) is 8.53. The normalized spacial score (nSPS) is 12.2. The topological polar surface area (TPSA) is 210 Å². The van der Waals surface area contributed by atoms with Gasteiger partial charge in [0.25, 0.3) is 0 Å². The van der Waals surface area contributed by atoms with Crippen molar-refractivity contribution in [2.75, 3.05) is 0 Å². The summed E-state index contributed by atoms with van der Waals surface area (Å²) in [7, 11) is 0. The van der Waals surface area contributed by atoms with Crippen LogP contribution in [0.4, 0.5) is 52.7 Å². The first-order valence-corrected chi connectivity index (χ1v) is 13.1. The molecule has 0 spiro atoms. The third kappa shape index (κ3) is 5.98. The van der Waals surface area contributed by atoms with Gasteiger partial charge in [-0.1, -0.05) is 61.2 Å². The van der Waals surface area contributed by atoms with Gasteiger partial charge in [-0.15, -0.1) is 0 Å². The molecule has 16 aliphatic heterocycles. The molecule has 0 N–H and O–H groups in total. The number of aromatic nitrogens is 12. The highest BCUT2D eigenvalue weighted by atomic mass is 19.2. The van der Waals surface area contributed by atoms with Crippen LogP contribution < -0.4 is 28.4 Å². The smallest absolute Gasteiger partial charge is 0.360 e. The number of rotatable bonds is 0. The van der Waals surface area contributed by atoms with Crippen molar-refractivity contribution in [3.8, 4) is 70.6 Å². The summed E-state index contributed by atoms with van der Waals surface area (Å²) in [6, 6.07) is -7.90. The van der Waals surface area contributed by atoms with Crippen molar-refractivity contribution in [3.63, 3.8) is 0 Å². The van der Waals surface area contributed by atoms with Crippen LogP contribution in [0.3, 0.4) is 0 Å². The Morgan fingerprint density at radius 3 is 0.370 bits per heavy atom. The van der Waals surface area contributed by atoms with Gasteiger partial charge in [-0.25, -0.2) is 0 Å². The fourth-order valence-electron chi connectivity index (χ4n) is 3.74. The van der Waals surface area contributed by atoms with E-state index in [2.05, 4.69) is 89.6 Å². The van der Waals surface area contributed by atoms with Crippen LogP contribution in [0, 0.1) is 69.8 Å².